The van der Waals surface area contributed by atoms with Crippen LogP contribution in [-0.4, -0.2) is 29.9 Å². The number of carbonyl (C=O) groups is 2. The Morgan fingerprint density at radius 2 is 1.96 bits per heavy atom. The second-order valence-corrected chi connectivity index (χ2v) is 9.25. The van der Waals surface area contributed by atoms with Crippen LogP contribution in [0.5, 0.6) is 0 Å². The molecule has 3 atom stereocenters. The van der Waals surface area contributed by atoms with Crippen LogP contribution < -0.4 is 16.0 Å². The molecule has 0 aliphatic carbocycles. The predicted octanol–water partition coefficient (Wildman–Crippen LogP) is 3.48. The van der Waals surface area contributed by atoms with Crippen molar-refractivity contribution in [3.05, 3.63) is 41.3 Å². The number of carbonyl (C=O) groups excluding carboxylic acids is 2. The number of fused-ring (bicyclic) bond motifs is 2. The summed E-state index contributed by atoms with van der Waals surface area (Å²) in [5.41, 5.74) is 0.785. The molecule has 3 N–H and O–H groups in total. The zero-order valence-corrected chi connectivity index (χ0v) is 16.1. The highest BCUT2D eigenvalue weighted by molar-refractivity contribution is 8.01. The first kappa shape index (κ1) is 17.6. The SMILES string of the molecule is CC(=O)Nc1ccc(Sc2ccc(C(=O)N[C@@H]3C[C@H]4CC[C@@H]3N4)s2)cc1. The maximum atomic E-state index is 12.5. The van der Waals surface area contributed by atoms with Gasteiger partial charge in [-0.3, -0.25) is 9.59 Å². The molecule has 0 unspecified atom stereocenters. The minimum absolute atomic E-state index is 0.0298. The lowest BCUT2D eigenvalue weighted by molar-refractivity contribution is -0.114. The van der Waals surface area contributed by atoms with Gasteiger partial charge < -0.3 is 16.0 Å². The van der Waals surface area contributed by atoms with E-state index in [4.69, 9.17) is 0 Å². The van der Waals surface area contributed by atoms with Gasteiger partial charge in [0.05, 0.1) is 9.09 Å². The summed E-state index contributed by atoms with van der Waals surface area (Å²) in [6, 6.07) is 12.9. The molecule has 0 radical (unpaired) electrons. The molecule has 2 amide bonds. The largest absolute Gasteiger partial charge is 0.347 e. The van der Waals surface area contributed by atoms with Gasteiger partial charge in [0.25, 0.3) is 5.91 Å². The first-order valence-corrected chi connectivity index (χ1v) is 10.4. The molecule has 26 heavy (non-hydrogen) atoms. The number of hydrogen-bond acceptors (Lipinski definition) is 5. The molecule has 5 nitrogen and oxygen atoms in total. The molecule has 2 aliphatic rings. The highest BCUT2D eigenvalue weighted by atomic mass is 32.2. The molecular weight excluding hydrogens is 366 g/mol. The van der Waals surface area contributed by atoms with E-state index in [1.807, 2.05) is 36.4 Å². The Morgan fingerprint density at radius 3 is 2.62 bits per heavy atom. The van der Waals surface area contributed by atoms with Crippen LogP contribution in [0.15, 0.2) is 45.5 Å². The van der Waals surface area contributed by atoms with Crippen LogP contribution in [0.3, 0.4) is 0 Å². The van der Waals surface area contributed by atoms with Crippen LogP contribution in [-0.2, 0) is 4.79 Å². The lowest BCUT2D eigenvalue weighted by Crippen LogP contribution is -2.42. The van der Waals surface area contributed by atoms with Gasteiger partial charge in [-0.1, -0.05) is 11.8 Å². The van der Waals surface area contributed by atoms with Gasteiger partial charge in [0.1, 0.15) is 0 Å². The normalized spacial score (nSPS) is 23.8. The lowest BCUT2D eigenvalue weighted by atomic mass is 9.95. The number of thiophene rings is 1. The quantitative estimate of drug-likeness (QED) is 0.735. The van der Waals surface area contributed by atoms with Crippen LogP contribution in [0, 0.1) is 0 Å². The van der Waals surface area contributed by atoms with Crippen molar-refractivity contribution in [1.82, 2.24) is 10.6 Å². The molecule has 2 bridgehead atoms. The molecule has 1 aromatic carbocycles. The summed E-state index contributed by atoms with van der Waals surface area (Å²) in [5.74, 6) is -0.0489. The molecule has 0 saturated carbocycles. The van der Waals surface area contributed by atoms with E-state index in [2.05, 4.69) is 16.0 Å². The number of amides is 2. The Morgan fingerprint density at radius 1 is 1.15 bits per heavy atom. The molecule has 2 fully saturated rings. The lowest BCUT2D eigenvalue weighted by Gasteiger charge is -2.20. The molecule has 136 valence electrons. The maximum absolute atomic E-state index is 12.5. The minimum Gasteiger partial charge on any atom is -0.347 e. The number of anilines is 1. The van der Waals surface area contributed by atoms with Gasteiger partial charge in [-0.15, -0.1) is 11.3 Å². The van der Waals surface area contributed by atoms with Gasteiger partial charge in [0.2, 0.25) is 5.91 Å². The summed E-state index contributed by atoms with van der Waals surface area (Å²) in [4.78, 5) is 25.4. The third-order valence-electron chi connectivity index (χ3n) is 4.81. The van der Waals surface area contributed by atoms with Crippen LogP contribution in [0.25, 0.3) is 0 Å². The summed E-state index contributed by atoms with van der Waals surface area (Å²) in [6.07, 6.45) is 3.44. The summed E-state index contributed by atoms with van der Waals surface area (Å²) in [5, 5.41) is 9.49. The van der Waals surface area contributed by atoms with E-state index in [0.717, 1.165) is 32.5 Å². The molecular formula is C19H21N3O2S2. The summed E-state index contributed by atoms with van der Waals surface area (Å²) in [7, 11) is 0. The average Bonchev–Trinajstić information content (AvgIpc) is 3.33. The van der Waals surface area contributed by atoms with Gasteiger partial charge in [-0.05, 0) is 55.7 Å². The smallest absolute Gasteiger partial charge is 0.261 e. The van der Waals surface area contributed by atoms with Gasteiger partial charge >= 0.3 is 0 Å². The Bertz CT molecular complexity index is 818. The van der Waals surface area contributed by atoms with Crippen molar-refractivity contribution in [1.29, 1.82) is 0 Å². The van der Waals surface area contributed by atoms with Gasteiger partial charge in [0, 0.05) is 35.6 Å². The third kappa shape index (κ3) is 3.95. The van der Waals surface area contributed by atoms with Crippen molar-refractivity contribution >= 4 is 40.6 Å². The standard InChI is InChI=1S/C19H21N3O2S2/c1-11(23)20-12-2-5-14(6-3-12)25-18-9-8-17(26-18)19(24)22-16-10-13-4-7-15(16)21-13/h2-3,5-6,8-9,13,15-16,21H,4,7,10H2,1H3,(H,20,23)(H,22,24)/t13-,15+,16-/m1/s1. The molecule has 2 saturated heterocycles. The predicted molar refractivity (Wildman–Crippen MR) is 105 cm³/mol. The Kier molecular flexibility index (Phi) is 5.02. The Hall–Kier alpha value is -1.83. The molecule has 1 aromatic heterocycles. The fourth-order valence-corrected chi connectivity index (χ4v) is 5.65. The summed E-state index contributed by atoms with van der Waals surface area (Å²) in [6.45, 7) is 1.49. The van der Waals surface area contributed by atoms with Gasteiger partial charge in [-0.25, -0.2) is 0 Å². The maximum Gasteiger partial charge on any atom is 0.261 e. The zero-order valence-electron chi connectivity index (χ0n) is 14.5. The van der Waals surface area contributed by atoms with Crippen molar-refractivity contribution in [2.45, 2.75) is 53.4 Å². The molecule has 3 heterocycles. The van der Waals surface area contributed by atoms with Gasteiger partial charge in [-0.2, -0.15) is 0 Å². The van der Waals surface area contributed by atoms with E-state index in [1.54, 1.807) is 11.8 Å². The highest BCUT2D eigenvalue weighted by Gasteiger charge is 2.39. The molecule has 7 heteroatoms. The van der Waals surface area contributed by atoms with Crippen LogP contribution in [0.1, 0.15) is 35.9 Å². The molecule has 0 spiro atoms. The van der Waals surface area contributed by atoms with E-state index < -0.39 is 0 Å². The second kappa shape index (κ2) is 7.42. The van der Waals surface area contributed by atoms with Gasteiger partial charge in [0.15, 0.2) is 0 Å². The van der Waals surface area contributed by atoms with E-state index in [1.165, 1.54) is 24.7 Å². The van der Waals surface area contributed by atoms with E-state index in [9.17, 15) is 9.59 Å². The van der Waals surface area contributed by atoms with E-state index in [-0.39, 0.29) is 17.9 Å². The first-order chi connectivity index (χ1) is 12.6. The topological polar surface area (TPSA) is 70.2 Å². The van der Waals surface area contributed by atoms with E-state index >= 15 is 0 Å². The fourth-order valence-electron chi connectivity index (χ4n) is 3.65. The molecule has 4 rings (SSSR count). The number of hydrogen-bond donors (Lipinski definition) is 3. The van der Waals surface area contributed by atoms with Crippen molar-refractivity contribution in [2.24, 2.45) is 0 Å². The van der Waals surface area contributed by atoms with Crippen LogP contribution >= 0.6 is 23.1 Å². The summed E-state index contributed by atoms with van der Waals surface area (Å²) < 4.78 is 1.08. The number of benzene rings is 1. The van der Waals surface area contributed by atoms with Crippen LogP contribution in [0.4, 0.5) is 5.69 Å². The van der Waals surface area contributed by atoms with Crippen molar-refractivity contribution in [3.63, 3.8) is 0 Å². The average molecular weight is 388 g/mol. The Labute approximate surface area is 160 Å². The zero-order chi connectivity index (χ0) is 18.1. The second-order valence-electron chi connectivity index (χ2n) is 6.79. The van der Waals surface area contributed by atoms with Crippen molar-refractivity contribution in [2.75, 3.05) is 5.32 Å². The molecule has 2 aromatic rings. The van der Waals surface area contributed by atoms with E-state index in [0.29, 0.717) is 12.1 Å². The van der Waals surface area contributed by atoms with Crippen molar-refractivity contribution in [3.8, 4) is 0 Å². The van der Waals surface area contributed by atoms with Crippen molar-refractivity contribution < 1.29 is 9.59 Å². The fraction of sp³-hybridized carbons (Fsp3) is 0.368. The molecule has 2 aliphatic heterocycles. The monoisotopic (exact) mass is 387 g/mol. The number of rotatable bonds is 5. The first-order valence-electron chi connectivity index (χ1n) is 8.79. The Balaban J connectivity index is 1.35. The minimum atomic E-state index is -0.0787. The third-order valence-corrected chi connectivity index (χ3v) is 7.04. The highest BCUT2D eigenvalue weighted by Crippen LogP contribution is 2.34. The summed E-state index contributed by atoms with van der Waals surface area (Å²) >= 11 is 3.14. The van der Waals surface area contributed by atoms with Crippen LogP contribution in [0.2, 0.25) is 0 Å². The number of nitrogens with one attached hydrogen (secondary N) is 3.